The normalized spacial score (nSPS) is 23.2. The molecule has 1 fully saturated rings. The zero-order chi connectivity index (χ0) is 13.2. The SMILES string of the molecule is O=C1Nc2c(Br)cccc2C1CCC1CCCCC1. The highest BCUT2D eigenvalue weighted by Crippen LogP contribution is 2.41. The van der Waals surface area contributed by atoms with E-state index in [1.54, 1.807) is 0 Å². The summed E-state index contributed by atoms with van der Waals surface area (Å²) >= 11 is 3.52. The lowest BCUT2D eigenvalue weighted by Crippen LogP contribution is -2.14. The summed E-state index contributed by atoms with van der Waals surface area (Å²) < 4.78 is 0.999. The molecule has 0 saturated heterocycles. The first kappa shape index (κ1) is 13.2. The molecule has 0 radical (unpaired) electrons. The first-order valence-electron chi connectivity index (χ1n) is 7.35. The third-order valence-electron chi connectivity index (χ3n) is 4.57. The highest BCUT2D eigenvalue weighted by atomic mass is 79.9. The van der Waals surface area contributed by atoms with Crippen LogP contribution >= 0.6 is 15.9 Å². The molecule has 1 heterocycles. The Labute approximate surface area is 123 Å². The number of anilines is 1. The summed E-state index contributed by atoms with van der Waals surface area (Å²) in [7, 11) is 0. The van der Waals surface area contributed by atoms with Crippen LogP contribution in [0.15, 0.2) is 22.7 Å². The summed E-state index contributed by atoms with van der Waals surface area (Å²) in [5.74, 6) is 1.09. The van der Waals surface area contributed by atoms with Gasteiger partial charge in [-0.05, 0) is 46.3 Å². The van der Waals surface area contributed by atoms with Gasteiger partial charge in [0, 0.05) is 4.47 Å². The van der Waals surface area contributed by atoms with E-state index in [4.69, 9.17) is 0 Å². The summed E-state index contributed by atoms with van der Waals surface area (Å²) in [5, 5.41) is 3.02. The fourth-order valence-electron chi connectivity index (χ4n) is 3.48. The molecular formula is C16H20BrNO. The second-order valence-corrected chi connectivity index (χ2v) is 6.68. The molecule has 102 valence electrons. The Hall–Kier alpha value is -0.830. The molecule has 3 heteroatoms. The third kappa shape index (κ3) is 2.71. The Morgan fingerprint density at radius 3 is 2.74 bits per heavy atom. The lowest BCUT2D eigenvalue weighted by Gasteiger charge is -2.22. The number of rotatable bonds is 3. The molecule has 0 spiro atoms. The van der Waals surface area contributed by atoms with E-state index in [1.807, 2.05) is 12.1 Å². The van der Waals surface area contributed by atoms with E-state index >= 15 is 0 Å². The van der Waals surface area contributed by atoms with E-state index in [1.165, 1.54) is 44.1 Å². The van der Waals surface area contributed by atoms with Gasteiger partial charge < -0.3 is 5.32 Å². The minimum atomic E-state index is 0.0643. The predicted molar refractivity (Wildman–Crippen MR) is 81.3 cm³/mol. The quantitative estimate of drug-likeness (QED) is 0.847. The van der Waals surface area contributed by atoms with Crippen molar-refractivity contribution >= 4 is 27.5 Å². The number of hydrogen-bond donors (Lipinski definition) is 1. The van der Waals surface area contributed by atoms with Gasteiger partial charge in [0.25, 0.3) is 0 Å². The van der Waals surface area contributed by atoms with Crippen molar-refractivity contribution in [2.75, 3.05) is 5.32 Å². The van der Waals surface area contributed by atoms with Crippen molar-refractivity contribution in [1.82, 2.24) is 0 Å². The van der Waals surface area contributed by atoms with Crippen LogP contribution in [-0.4, -0.2) is 5.91 Å². The Kier molecular flexibility index (Phi) is 3.92. The Balaban J connectivity index is 1.68. The number of amides is 1. The van der Waals surface area contributed by atoms with Gasteiger partial charge >= 0.3 is 0 Å². The van der Waals surface area contributed by atoms with Crippen LogP contribution in [0.3, 0.4) is 0 Å². The molecule has 1 N–H and O–H groups in total. The third-order valence-corrected chi connectivity index (χ3v) is 5.24. The van der Waals surface area contributed by atoms with Crippen molar-refractivity contribution in [3.63, 3.8) is 0 Å². The van der Waals surface area contributed by atoms with Gasteiger partial charge in [0.2, 0.25) is 5.91 Å². The maximum Gasteiger partial charge on any atom is 0.232 e. The van der Waals surface area contributed by atoms with E-state index in [9.17, 15) is 4.79 Å². The monoisotopic (exact) mass is 321 g/mol. The van der Waals surface area contributed by atoms with Gasteiger partial charge in [0.15, 0.2) is 0 Å². The molecule has 1 aliphatic carbocycles. The van der Waals surface area contributed by atoms with Crippen molar-refractivity contribution in [3.05, 3.63) is 28.2 Å². The fourth-order valence-corrected chi connectivity index (χ4v) is 3.96. The average Bonchev–Trinajstić information content (AvgIpc) is 2.75. The van der Waals surface area contributed by atoms with Gasteiger partial charge in [-0.2, -0.15) is 0 Å². The minimum Gasteiger partial charge on any atom is -0.324 e. The first-order valence-corrected chi connectivity index (χ1v) is 8.14. The summed E-state index contributed by atoms with van der Waals surface area (Å²) in [6, 6.07) is 6.10. The summed E-state index contributed by atoms with van der Waals surface area (Å²) in [6.07, 6.45) is 9.08. The molecule has 1 amide bonds. The van der Waals surface area contributed by atoms with Crippen LogP contribution in [0.25, 0.3) is 0 Å². The average molecular weight is 322 g/mol. The first-order chi connectivity index (χ1) is 9.25. The highest BCUT2D eigenvalue weighted by Gasteiger charge is 2.31. The Bertz CT molecular complexity index is 480. The smallest absolute Gasteiger partial charge is 0.232 e. The van der Waals surface area contributed by atoms with Crippen molar-refractivity contribution in [2.24, 2.45) is 5.92 Å². The highest BCUT2D eigenvalue weighted by molar-refractivity contribution is 9.10. The van der Waals surface area contributed by atoms with Crippen LogP contribution in [0, 0.1) is 5.92 Å². The summed E-state index contributed by atoms with van der Waals surface area (Å²) in [5.41, 5.74) is 2.16. The topological polar surface area (TPSA) is 29.1 Å². The lowest BCUT2D eigenvalue weighted by molar-refractivity contribution is -0.117. The van der Waals surface area contributed by atoms with Gasteiger partial charge in [-0.15, -0.1) is 0 Å². The number of carbonyl (C=O) groups is 1. The molecule has 1 aromatic carbocycles. The van der Waals surface area contributed by atoms with Crippen LogP contribution in [-0.2, 0) is 4.79 Å². The van der Waals surface area contributed by atoms with E-state index in [0.717, 1.165) is 22.5 Å². The number of benzene rings is 1. The number of nitrogens with one attached hydrogen (secondary N) is 1. The standard InChI is InChI=1S/C16H20BrNO/c17-14-8-4-7-12-13(16(19)18-15(12)14)10-9-11-5-2-1-3-6-11/h4,7-8,11,13H,1-3,5-6,9-10H2,(H,18,19). The Morgan fingerprint density at radius 2 is 1.95 bits per heavy atom. The molecule has 2 aliphatic rings. The van der Waals surface area contributed by atoms with E-state index in [0.29, 0.717) is 0 Å². The molecule has 19 heavy (non-hydrogen) atoms. The molecule has 3 rings (SSSR count). The molecule has 2 nitrogen and oxygen atoms in total. The zero-order valence-corrected chi connectivity index (χ0v) is 12.7. The van der Waals surface area contributed by atoms with Crippen molar-refractivity contribution < 1.29 is 4.79 Å². The number of halogens is 1. The molecule has 1 aliphatic heterocycles. The fraction of sp³-hybridized carbons (Fsp3) is 0.562. The maximum atomic E-state index is 12.1. The molecule has 1 saturated carbocycles. The van der Waals surface area contributed by atoms with Crippen molar-refractivity contribution in [1.29, 1.82) is 0 Å². The molecule has 1 aromatic rings. The van der Waals surface area contributed by atoms with Gasteiger partial charge in [-0.25, -0.2) is 0 Å². The number of hydrogen-bond acceptors (Lipinski definition) is 1. The largest absolute Gasteiger partial charge is 0.324 e. The second-order valence-electron chi connectivity index (χ2n) is 5.83. The van der Waals surface area contributed by atoms with E-state index in [-0.39, 0.29) is 11.8 Å². The van der Waals surface area contributed by atoms with Gasteiger partial charge in [-0.3, -0.25) is 4.79 Å². The molecule has 0 bridgehead atoms. The van der Waals surface area contributed by atoms with Gasteiger partial charge in [0.05, 0.1) is 11.6 Å². The number of fused-ring (bicyclic) bond motifs is 1. The number of carbonyl (C=O) groups excluding carboxylic acids is 1. The van der Waals surface area contributed by atoms with Crippen molar-refractivity contribution in [3.8, 4) is 0 Å². The minimum absolute atomic E-state index is 0.0643. The van der Waals surface area contributed by atoms with Gasteiger partial charge in [0.1, 0.15) is 0 Å². The summed E-state index contributed by atoms with van der Waals surface area (Å²) in [6.45, 7) is 0. The van der Waals surface area contributed by atoms with Crippen LogP contribution < -0.4 is 5.32 Å². The van der Waals surface area contributed by atoms with Crippen LogP contribution in [0.2, 0.25) is 0 Å². The molecular weight excluding hydrogens is 302 g/mol. The second kappa shape index (κ2) is 5.66. The predicted octanol–water partition coefficient (Wildman–Crippen LogP) is 4.85. The lowest BCUT2D eigenvalue weighted by atomic mass is 9.83. The maximum absolute atomic E-state index is 12.1. The van der Waals surface area contributed by atoms with Gasteiger partial charge in [-0.1, -0.05) is 44.2 Å². The van der Waals surface area contributed by atoms with Crippen LogP contribution in [0.1, 0.15) is 56.4 Å². The molecule has 1 atom stereocenters. The number of para-hydroxylation sites is 1. The molecule has 1 unspecified atom stereocenters. The van der Waals surface area contributed by atoms with E-state index < -0.39 is 0 Å². The van der Waals surface area contributed by atoms with Crippen LogP contribution in [0.4, 0.5) is 5.69 Å². The Morgan fingerprint density at radius 1 is 1.16 bits per heavy atom. The van der Waals surface area contributed by atoms with Crippen LogP contribution in [0.5, 0.6) is 0 Å². The van der Waals surface area contributed by atoms with Crippen molar-refractivity contribution in [2.45, 2.75) is 50.9 Å². The molecule has 0 aromatic heterocycles. The van der Waals surface area contributed by atoms with E-state index in [2.05, 4.69) is 27.3 Å². The zero-order valence-electron chi connectivity index (χ0n) is 11.1. The summed E-state index contributed by atoms with van der Waals surface area (Å²) in [4.78, 5) is 12.1.